The van der Waals surface area contributed by atoms with Crippen LogP contribution in [0, 0.1) is 0 Å². The van der Waals surface area contributed by atoms with E-state index in [1.807, 2.05) is 48.5 Å². The predicted molar refractivity (Wildman–Crippen MR) is 153 cm³/mol. The summed E-state index contributed by atoms with van der Waals surface area (Å²) >= 11 is 0. The van der Waals surface area contributed by atoms with Gasteiger partial charge in [-0.1, -0.05) is 105 Å². The topological polar surface area (TPSA) is 78.8 Å². The number of aliphatic hydroxyl groups excluding tert-OH is 2. The number of nitrogens with one attached hydrogen (secondary N) is 1. The number of ether oxygens (including phenoxy) is 1. The Balaban J connectivity index is 1.04. The molecule has 2 unspecified atom stereocenters. The van der Waals surface area contributed by atoms with Gasteiger partial charge in [0.15, 0.2) is 0 Å². The molecule has 2 aliphatic carbocycles. The van der Waals surface area contributed by atoms with E-state index >= 15 is 0 Å². The first-order chi connectivity index (χ1) is 18.9. The third-order valence-electron chi connectivity index (χ3n) is 8.37. The SMILES string of the molecule is CC1(C)c2ccccc2-c2ccc(C(O)C(O)CCNC(=O)OCC3c4ccccc4-c4ccccc43)cc21. The van der Waals surface area contributed by atoms with E-state index in [9.17, 15) is 15.0 Å². The minimum absolute atomic E-state index is 0.00856. The van der Waals surface area contributed by atoms with Crippen LogP contribution in [0.15, 0.2) is 91.0 Å². The van der Waals surface area contributed by atoms with Crippen LogP contribution >= 0.6 is 0 Å². The molecule has 1 amide bonds. The van der Waals surface area contributed by atoms with Crippen molar-refractivity contribution in [2.24, 2.45) is 0 Å². The van der Waals surface area contributed by atoms with Crippen LogP contribution in [0.5, 0.6) is 0 Å². The Hall–Kier alpha value is -3.93. The van der Waals surface area contributed by atoms with Crippen LogP contribution in [0.4, 0.5) is 4.79 Å². The van der Waals surface area contributed by atoms with Crippen molar-refractivity contribution >= 4 is 6.09 Å². The number of rotatable bonds is 7. The molecule has 198 valence electrons. The first kappa shape index (κ1) is 25.4. The number of benzene rings is 4. The number of aliphatic hydroxyl groups is 2. The van der Waals surface area contributed by atoms with Crippen molar-refractivity contribution in [1.82, 2.24) is 5.32 Å². The van der Waals surface area contributed by atoms with Gasteiger partial charge >= 0.3 is 6.09 Å². The predicted octanol–water partition coefficient (Wildman–Crippen LogP) is 6.32. The van der Waals surface area contributed by atoms with Crippen molar-refractivity contribution in [2.45, 2.75) is 43.8 Å². The van der Waals surface area contributed by atoms with E-state index in [0.717, 1.165) is 22.3 Å². The minimum atomic E-state index is -1.06. The second-order valence-corrected chi connectivity index (χ2v) is 11.0. The van der Waals surface area contributed by atoms with E-state index in [0.29, 0.717) is 5.56 Å². The number of hydrogen-bond acceptors (Lipinski definition) is 4. The Labute approximate surface area is 229 Å². The molecule has 0 saturated carbocycles. The van der Waals surface area contributed by atoms with Gasteiger partial charge in [0.1, 0.15) is 12.7 Å². The maximum absolute atomic E-state index is 12.5. The fourth-order valence-electron chi connectivity index (χ4n) is 6.26. The summed E-state index contributed by atoms with van der Waals surface area (Å²) in [5.74, 6) is -0.00856. The Kier molecular flexibility index (Phi) is 6.49. The van der Waals surface area contributed by atoms with Crippen molar-refractivity contribution in [1.29, 1.82) is 0 Å². The second kappa shape index (κ2) is 9.99. The molecule has 39 heavy (non-hydrogen) atoms. The molecule has 5 heteroatoms. The molecule has 0 aromatic heterocycles. The van der Waals surface area contributed by atoms with E-state index in [1.54, 1.807) is 0 Å². The lowest BCUT2D eigenvalue weighted by atomic mass is 9.81. The quantitative estimate of drug-likeness (QED) is 0.267. The van der Waals surface area contributed by atoms with Crippen LogP contribution in [-0.4, -0.2) is 35.6 Å². The molecule has 0 fully saturated rings. The fraction of sp³-hybridized carbons (Fsp3) is 0.265. The Morgan fingerprint density at radius 3 is 2.10 bits per heavy atom. The molecule has 0 heterocycles. The van der Waals surface area contributed by atoms with Gasteiger partial charge in [0.25, 0.3) is 0 Å². The van der Waals surface area contributed by atoms with Crippen molar-refractivity contribution in [3.05, 3.63) is 119 Å². The third kappa shape index (κ3) is 4.42. The largest absolute Gasteiger partial charge is 0.449 e. The highest BCUT2D eigenvalue weighted by Gasteiger charge is 2.36. The molecule has 5 nitrogen and oxygen atoms in total. The van der Waals surface area contributed by atoms with E-state index in [1.165, 1.54) is 22.3 Å². The van der Waals surface area contributed by atoms with Gasteiger partial charge in [0, 0.05) is 17.9 Å². The van der Waals surface area contributed by atoms with E-state index in [-0.39, 0.29) is 30.9 Å². The molecule has 0 bridgehead atoms. The summed E-state index contributed by atoms with van der Waals surface area (Å²) in [6, 6.07) is 30.7. The van der Waals surface area contributed by atoms with Gasteiger partial charge in [-0.2, -0.15) is 0 Å². The van der Waals surface area contributed by atoms with E-state index in [2.05, 4.69) is 61.6 Å². The van der Waals surface area contributed by atoms with Crippen molar-refractivity contribution in [3.63, 3.8) is 0 Å². The summed E-state index contributed by atoms with van der Waals surface area (Å²) in [4.78, 5) is 12.5. The molecule has 0 radical (unpaired) electrons. The smallest absolute Gasteiger partial charge is 0.407 e. The highest BCUT2D eigenvalue weighted by Crippen LogP contribution is 2.49. The molecule has 4 aromatic carbocycles. The summed E-state index contributed by atoms with van der Waals surface area (Å²) < 4.78 is 5.58. The Morgan fingerprint density at radius 1 is 0.821 bits per heavy atom. The zero-order valence-corrected chi connectivity index (χ0v) is 22.2. The number of alkyl carbamates (subject to hydrolysis) is 1. The zero-order valence-electron chi connectivity index (χ0n) is 22.2. The van der Waals surface area contributed by atoms with Crippen LogP contribution < -0.4 is 5.32 Å². The summed E-state index contributed by atoms with van der Waals surface area (Å²) in [5, 5.41) is 24.4. The molecule has 2 atom stereocenters. The zero-order chi connectivity index (χ0) is 27.1. The molecule has 0 saturated heterocycles. The fourth-order valence-corrected chi connectivity index (χ4v) is 6.26. The first-order valence-corrected chi connectivity index (χ1v) is 13.6. The molecular weight excluding hydrogens is 486 g/mol. The van der Waals surface area contributed by atoms with Crippen LogP contribution in [0.25, 0.3) is 22.3 Å². The summed E-state index contributed by atoms with van der Waals surface area (Å²) in [6.45, 7) is 4.79. The molecule has 6 rings (SSSR count). The van der Waals surface area contributed by atoms with Crippen molar-refractivity contribution < 1.29 is 19.7 Å². The van der Waals surface area contributed by atoms with Crippen LogP contribution in [0.2, 0.25) is 0 Å². The van der Waals surface area contributed by atoms with Crippen molar-refractivity contribution in [3.8, 4) is 22.3 Å². The number of amides is 1. The number of carbonyl (C=O) groups is 1. The van der Waals surface area contributed by atoms with Gasteiger partial charge < -0.3 is 20.3 Å². The number of fused-ring (bicyclic) bond motifs is 6. The monoisotopic (exact) mass is 519 g/mol. The van der Waals surface area contributed by atoms with Gasteiger partial charge in [-0.05, 0) is 56.5 Å². The average molecular weight is 520 g/mol. The average Bonchev–Trinajstić information content (AvgIpc) is 3.40. The Bertz CT molecular complexity index is 1500. The molecule has 0 spiro atoms. The van der Waals surface area contributed by atoms with Crippen LogP contribution in [-0.2, 0) is 10.2 Å². The van der Waals surface area contributed by atoms with Crippen molar-refractivity contribution in [2.75, 3.05) is 13.2 Å². The van der Waals surface area contributed by atoms with E-state index in [4.69, 9.17) is 4.74 Å². The van der Waals surface area contributed by atoms with Crippen LogP contribution in [0.3, 0.4) is 0 Å². The first-order valence-electron chi connectivity index (χ1n) is 13.6. The maximum Gasteiger partial charge on any atom is 0.407 e. The summed E-state index contributed by atoms with van der Waals surface area (Å²) in [6.07, 6.45) is -2.41. The highest BCUT2D eigenvalue weighted by atomic mass is 16.5. The molecular formula is C34H33NO4. The van der Waals surface area contributed by atoms with Gasteiger partial charge in [0.05, 0.1) is 6.10 Å². The van der Waals surface area contributed by atoms with Gasteiger partial charge in [-0.25, -0.2) is 4.79 Å². The van der Waals surface area contributed by atoms with E-state index < -0.39 is 18.3 Å². The summed E-state index contributed by atoms with van der Waals surface area (Å²) in [7, 11) is 0. The number of hydrogen-bond donors (Lipinski definition) is 3. The highest BCUT2D eigenvalue weighted by molar-refractivity contribution is 5.81. The lowest BCUT2D eigenvalue weighted by Crippen LogP contribution is -2.30. The third-order valence-corrected chi connectivity index (χ3v) is 8.37. The van der Waals surface area contributed by atoms with Gasteiger partial charge in [-0.15, -0.1) is 0 Å². The Morgan fingerprint density at radius 2 is 1.41 bits per heavy atom. The lowest BCUT2D eigenvalue weighted by molar-refractivity contribution is 0.0136. The maximum atomic E-state index is 12.5. The van der Waals surface area contributed by atoms with Gasteiger partial charge in [0.2, 0.25) is 0 Å². The lowest BCUT2D eigenvalue weighted by Gasteiger charge is -2.24. The molecule has 4 aromatic rings. The van der Waals surface area contributed by atoms with Gasteiger partial charge in [-0.3, -0.25) is 0 Å². The normalized spacial score (nSPS) is 16.0. The van der Waals surface area contributed by atoms with Crippen LogP contribution in [0.1, 0.15) is 60.1 Å². The number of carbonyl (C=O) groups excluding carboxylic acids is 1. The standard InChI is InChI=1S/C34H33NO4/c1-34(2)29-14-8-7-13-26(29)27-16-15-21(19-30(27)34)32(37)31(36)17-18-35-33(38)39-20-28-24-11-5-3-9-22(24)23-10-4-6-12-25(23)28/h3-16,19,28,31-32,36-37H,17-18,20H2,1-2H3,(H,35,38). The molecule has 2 aliphatic rings. The molecule has 0 aliphatic heterocycles. The second-order valence-electron chi connectivity index (χ2n) is 11.0. The molecule has 3 N–H and O–H groups in total. The summed E-state index contributed by atoms with van der Waals surface area (Å²) in [5.41, 5.74) is 9.95. The minimum Gasteiger partial charge on any atom is -0.449 e.